The number of nitrogens with zero attached hydrogens (tertiary/aromatic N) is 2. The number of nitrogens with two attached hydrogens (primary N) is 1. The molecule has 0 unspecified atom stereocenters. The lowest BCUT2D eigenvalue weighted by Crippen LogP contribution is -2.30. The Bertz CT molecular complexity index is 311. The van der Waals surface area contributed by atoms with E-state index in [2.05, 4.69) is 10.3 Å². The molecule has 6 heteroatoms. The summed E-state index contributed by atoms with van der Waals surface area (Å²) in [5.41, 5.74) is 5.46. The predicted octanol–water partition coefficient (Wildman–Crippen LogP) is -0.896. The molecule has 0 radical (unpaired) electrons. The fourth-order valence-electron chi connectivity index (χ4n) is 1.18. The second kappa shape index (κ2) is 6.15. The molecule has 84 valence electrons. The summed E-state index contributed by atoms with van der Waals surface area (Å²) in [5, 5.41) is 2.72. The standard InChI is InChI=1S/C9H16N4O2/c1-15-5-3-12-9(14)7-13-4-2-11-8(13)6-10/h2,4H,3,5-7,10H2,1H3,(H,12,14). The van der Waals surface area contributed by atoms with Gasteiger partial charge in [-0.05, 0) is 0 Å². The van der Waals surface area contributed by atoms with Gasteiger partial charge in [-0.1, -0.05) is 0 Å². The van der Waals surface area contributed by atoms with E-state index in [1.807, 2.05) is 0 Å². The van der Waals surface area contributed by atoms with E-state index in [1.54, 1.807) is 24.1 Å². The fourth-order valence-corrected chi connectivity index (χ4v) is 1.18. The van der Waals surface area contributed by atoms with Crippen LogP contribution in [-0.4, -0.2) is 35.7 Å². The van der Waals surface area contributed by atoms with E-state index < -0.39 is 0 Å². The predicted molar refractivity (Wildman–Crippen MR) is 55.0 cm³/mol. The number of carbonyl (C=O) groups is 1. The minimum atomic E-state index is -0.0697. The Morgan fingerprint density at radius 3 is 3.20 bits per heavy atom. The minimum absolute atomic E-state index is 0.0697. The van der Waals surface area contributed by atoms with E-state index in [0.29, 0.717) is 25.5 Å². The third-order valence-corrected chi connectivity index (χ3v) is 1.93. The van der Waals surface area contributed by atoms with Crippen molar-refractivity contribution in [1.82, 2.24) is 14.9 Å². The molecule has 0 aromatic carbocycles. The average Bonchev–Trinajstić information content (AvgIpc) is 2.65. The number of ether oxygens (including phenoxy) is 1. The van der Waals surface area contributed by atoms with Gasteiger partial charge in [-0.3, -0.25) is 4.79 Å². The molecule has 1 aromatic rings. The minimum Gasteiger partial charge on any atom is -0.383 e. The zero-order valence-electron chi connectivity index (χ0n) is 8.77. The highest BCUT2D eigenvalue weighted by Gasteiger charge is 2.05. The van der Waals surface area contributed by atoms with Crippen LogP contribution in [0.3, 0.4) is 0 Å². The van der Waals surface area contributed by atoms with Crippen LogP contribution < -0.4 is 11.1 Å². The molecule has 0 saturated heterocycles. The zero-order valence-corrected chi connectivity index (χ0v) is 8.77. The number of carbonyl (C=O) groups excluding carboxylic acids is 1. The Morgan fingerprint density at radius 1 is 1.73 bits per heavy atom. The first-order valence-corrected chi connectivity index (χ1v) is 4.73. The highest BCUT2D eigenvalue weighted by atomic mass is 16.5. The van der Waals surface area contributed by atoms with E-state index in [-0.39, 0.29) is 12.5 Å². The maximum atomic E-state index is 11.4. The summed E-state index contributed by atoms with van der Waals surface area (Å²) in [5.74, 6) is 0.636. The third-order valence-electron chi connectivity index (χ3n) is 1.93. The summed E-state index contributed by atoms with van der Waals surface area (Å²) >= 11 is 0. The van der Waals surface area contributed by atoms with Crippen molar-refractivity contribution in [2.75, 3.05) is 20.3 Å². The monoisotopic (exact) mass is 212 g/mol. The van der Waals surface area contributed by atoms with Crippen LogP contribution in [0.4, 0.5) is 0 Å². The number of hydrogen-bond donors (Lipinski definition) is 2. The van der Waals surface area contributed by atoms with E-state index >= 15 is 0 Å². The van der Waals surface area contributed by atoms with Crippen LogP contribution in [0, 0.1) is 0 Å². The summed E-state index contributed by atoms with van der Waals surface area (Å²) in [7, 11) is 1.59. The number of hydrogen-bond acceptors (Lipinski definition) is 4. The summed E-state index contributed by atoms with van der Waals surface area (Å²) in [6, 6.07) is 0. The highest BCUT2D eigenvalue weighted by Crippen LogP contribution is 1.95. The molecule has 3 N–H and O–H groups in total. The second-order valence-electron chi connectivity index (χ2n) is 3.02. The summed E-state index contributed by atoms with van der Waals surface area (Å²) in [4.78, 5) is 15.4. The van der Waals surface area contributed by atoms with Crippen molar-refractivity contribution in [3.05, 3.63) is 18.2 Å². The van der Waals surface area contributed by atoms with E-state index in [9.17, 15) is 4.79 Å². The van der Waals surface area contributed by atoms with Crippen LogP contribution in [0.25, 0.3) is 0 Å². The maximum Gasteiger partial charge on any atom is 0.240 e. The molecule has 0 aliphatic rings. The van der Waals surface area contributed by atoms with Gasteiger partial charge in [0.05, 0.1) is 13.2 Å². The largest absolute Gasteiger partial charge is 0.383 e. The van der Waals surface area contributed by atoms with Crippen molar-refractivity contribution >= 4 is 5.91 Å². The van der Waals surface area contributed by atoms with Crippen molar-refractivity contribution in [3.63, 3.8) is 0 Å². The molecule has 0 spiro atoms. The van der Waals surface area contributed by atoms with Crippen molar-refractivity contribution in [3.8, 4) is 0 Å². The van der Waals surface area contributed by atoms with E-state index in [4.69, 9.17) is 10.5 Å². The number of nitrogens with one attached hydrogen (secondary N) is 1. The van der Waals surface area contributed by atoms with Crippen LogP contribution >= 0.6 is 0 Å². The third kappa shape index (κ3) is 3.69. The van der Waals surface area contributed by atoms with Gasteiger partial charge >= 0.3 is 0 Å². The topological polar surface area (TPSA) is 82.2 Å². The first-order chi connectivity index (χ1) is 7.27. The van der Waals surface area contributed by atoms with Crippen molar-refractivity contribution < 1.29 is 9.53 Å². The summed E-state index contributed by atoms with van der Waals surface area (Å²) in [6.07, 6.45) is 3.36. The molecule has 1 rings (SSSR count). The summed E-state index contributed by atoms with van der Waals surface area (Å²) < 4.78 is 6.54. The molecular formula is C9H16N4O2. The van der Waals surface area contributed by atoms with Crippen LogP contribution in [0.2, 0.25) is 0 Å². The summed E-state index contributed by atoms with van der Waals surface area (Å²) in [6.45, 7) is 1.61. The number of methoxy groups -OCH3 is 1. The fraction of sp³-hybridized carbons (Fsp3) is 0.556. The number of imidazole rings is 1. The van der Waals surface area contributed by atoms with Crippen LogP contribution in [0.5, 0.6) is 0 Å². The van der Waals surface area contributed by atoms with E-state index in [0.717, 1.165) is 0 Å². The van der Waals surface area contributed by atoms with Gasteiger partial charge in [0.15, 0.2) is 0 Å². The van der Waals surface area contributed by atoms with Gasteiger partial charge < -0.3 is 20.4 Å². The molecule has 0 fully saturated rings. The average molecular weight is 212 g/mol. The molecule has 1 heterocycles. The van der Waals surface area contributed by atoms with E-state index in [1.165, 1.54) is 0 Å². The Morgan fingerprint density at radius 2 is 2.53 bits per heavy atom. The Labute approximate surface area is 88.4 Å². The molecular weight excluding hydrogens is 196 g/mol. The van der Waals surface area contributed by atoms with Crippen molar-refractivity contribution in [2.24, 2.45) is 5.73 Å². The lowest BCUT2D eigenvalue weighted by Gasteiger charge is -2.07. The first-order valence-electron chi connectivity index (χ1n) is 4.73. The normalized spacial score (nSPS) is 10.3. The van der Waals surface area contributed by atoms with Gasteiger partial charge in [-0.25, -0.2) is 4.98 Å². The molecule has 0 bridgehead atoms. The van der Waals surface area contributed by atoms with Crippen molar-refractivity contribution in [2.45, 2.75) is 13.1 Å². The van der Waals surface area contributed by atoms with Gasteiger partial charge in [-0.15, -0.1) is 0 Å². The second-order valence-corrected chi connectivity index (χ2v) is 3.02. The molecule has 15 heavy (non-hydrogen) atoms. The van der Waals surface area contributed by atoms with Gasteiger partial charge in [0.25, 0.3) is 0 Å². The quantitative estimate of drug-likeness (QED) is 0.599. The first kappa shape index (κ1) is 11.7. The van der Waals surface area contributed by atoms with Crippen LogP contribution in [0.1, 0.15) is 5.82 Å². The number of aromatic nitrogens is 2. The molecule has 6 nitrogen and oxygen atoms in total. The molecule has 0 aliphatic carbocycles. The Kier molecular flexibility index (Phi) is 4.79. The highest BCUT2D eigenvalue weighted by molar-refractivity contribution is 5.75. The molecule has 1 aromatic heterocycles. The molecule has 0 atom stereocenters. The van der Waals surface area contributed by atoms with Gasteiger partial charge in [0, 0.05) is 26.0 Å². The van der Waals surface area contributed by atoms with Crippen LogP contribution in [-0.2, 0) is 22.6 Å². The number of amides is 1. The van der Waals surface area contributed by atoms with Crippen LogP contribution in [0.15, 0.2) is 12.4 Å². The lowest BCUT2D eigenvalue weighted by molar-refractivity contribution is -0.121. The Balaban J connectivity index is 2.37. The molecule has 0 aliphatic heterocycles. The maximum absolute atomic E-state index is 11.4. The zero-order chi connectivity index (χ0) is 11.1. The van der Waals surface area contributed by atoms with Gasteiger partial charge in [0.2, 0.25) is 5.91 Å². The van der Waals surface area contributed by atoms with Gasteiger partial charge in [-0.2, -0.15) is 0 Å². The molecule has 1 amide bonds. The van der Waals surface area contributed by atoms with Crippen molar-refractivity contribution in [1.29, 1.82) is 0 Å². The van der Waals surface area contributed by atoms with Gasteiger partial charge in [0.1, 0.15) is 12.4 Å². The SMILES string of the molecule is COCCNC(=O)Cn1ccnc1CN. The smallest absolute Gasteiger partial charge is 0.240 e. The number of rotatable bonds is 6. The lowest BCUT2D eigenvalue weighted by atomic mass is 10.5. The Hall–Kier alpha value is -1.40. The molecule has 0 saturated carbocycles.